The summed E-state index contributed by atoms with van der Waals surface area (Å²) in [5, 5.41) is 3.22. The number of nitrogens with zero attached hydrogens (tertiary/aromatic N) is 2. The Hall–Kier alpha value is -3.11. The number of alkyl halides is 3. The van der Waals surface area contributed by atoms with E-state index >= 15 is 0 Å². The van der Waals surface area contributed by atoms with Gasteiger partial charge in [-0.2, -0.15) is 13.2 Å². The van der Waals surface area contributed by atoms with E-state index in [1.807, 2.05) is 24.3 Å². The molecule has 3 fully saturated rings. The Kier molecular flexibility index (Phi) is 6.89. The van der Waals surface area contributed by atoms with E-state index in [1.165, 1.54) is 4.90 Å². The summed E-state index contributed by atoms with van der Waals surface area (Å²) in [5.74, 6) is -3.61. The van der Waals surface area contributed by atoms with Gasteiger partial charge >= 0.3 is 12.1 Å². The zero-order valence-corrected chi connectivity index (χ0v) is 21.5. The molecule has 1 unspecified atom stereocenters. The van der Waals surface area contributed by atoms with Gasteiger partial charge in [0.1, 0.15) is 11.3 Å². The van der Waals surface area contributed by atoms with Gasteiger partial charge < -0.3 is 14.8 Å². The molecule has 204 valence electrons. The van der Waals surface area contributed by atoms with Crippen molar-refractivity contribution >= 4 is 11.9 Å². The third kappa shape index (κ3) is 4.53. The first-order chi connectivity index (χ1) is 18.1. The van der Waals surface area contributed by atoms with Crippen LogP contribution in [0.5, 0.6) is 5.75 Å². The summed E-state index contributed by atoms with van der Waals surface area (Å²) in [6.07, 6.45) is -1.98. The third-order valence-corrected chi connectivity index (χ3v) is 8.12. The number of halogens is 3. The fourth-order valence-electron chi connectivity index (χ4n) is 5.79. The molecule has 7 nitrogen and oxygen atoms in total. The highest BCUT2D eigenvalue weighted by Crippen LogP contribution is 2.50. The van der Waals surface area contributed by atoms with E-state index in [9.17, 15) is 22.8 Å². The number of methoxy groups -OCH3 is 1. The number of piperidine rings is 1. The summed E-state index contributed by atoms with van der Waals surface area (Å²) in [5.41, 5.74) is 1.17. The molecule has 1 spiro atoms. The van der Waals surface area contributed by atoms with Crippen molar-refractivity contribution in [2.75, 3.05) is 33.8 Å². The van der Waals surface area contributed by atoms with Gasteiger partial charge in [-0.15, -0.1) is 0 Å². The first-order valence-electron chi connectivity index (χ1n) is 12.9. The van der Waals surface area contributed by atoms with Gasteiger partial charge in [0.2, 0.25) is 5.91 Å². The molecule has 0 radical (unpaired) electrons. The lowest BCUT2D eigenvalue weighted by atomic mass is 9.86. The summed E-state index contributed by atoms with van der Waals surface area (Å²) in [7, 11) is 3.15. The summed E-state index contributed by atoms with van der Waals surface area (Å²) in [6.45, 7) is 1.10. The maximum Gasteiger partial charge on any atom is 0.491 e. The predicted octanol–water partition coefficient (Wildman–Crippen LogP) is 3.93. The standard InChI is InChI=1S/C28H32F3N3O4/c1-33-26(14-16-32-17-15-26)24(35)34(18-13-19-3-11-23(37-2)12-4-19)28(33,38-25(36)27(29,30)31)22-9-7-21(8-10-22)20-5-6-20/h3-4,7-12,20,32H,5-6,13-18H2,1-2H3. The lowest BCUT2D eigenvalue weighted by Crippen LogP contribution is -2.59. The Bertz CT molecular complexity index is 1180. The van der Waals surface area contributed by atoms with Crippen molar-refractivity contribution in [3.63, 3.8) is 0 Å². The van der Waals surface area contributed by atoms with Gasteiger partial charge in [0.25, 0.3) is 5.85 Å². The number of nitrogens with one attached hydrogen (secondary N) is 1. The van der Waals surface area contributed by atoms with Gasteiger partial charge in [-0.3, -0.25) is 9.69 Å². The first kappa shape index (κ1) is 26.5. The lowest BCUT2D eigenvalue weighted by Gasteiger charge is -2.44. The van der Waals surface area contributed by atoms with Crippen LogP contribution >= 0.6 is 0 Å². The van der Waals surface area contributed by atoms with E-state index in [0.29, 0.717) is 49.6 Å². The predicted molar refractivity (Wildman–Crippen MR) is 133 cm³/mol. The second-order valence-corrected chi connectivity index (χ2v) is 10.3. The van der Waals surface area contributed by atoms with E-state index in [0.717, 1.165) is 24.0 Å². The van der Waals surface area contributed by atoms with E-state index in [2.05, 4.69) is 5.32 Å². The molecule has 1 amide bonds. The fraction of sp³-hybridized carbons (Fsp3) is 0.500. The Labute approximate surface area is 219 Å². The molecule has 2 aromatic rings. The number of carbonyl (C=O) groups is 2. The molecular weight excluding hydrogens is 499 g/mol. The van der Waals surface area contributed by atoms with Crippen molar-refractivity contribution in [2.45, 2.75) is 55.6 Å². The fourth-order valence-corrected chi connectivity index (χ4v) is 5.79. The van der Waals surface area contributed by atoms with Crippen LogP contribution in [0.1, 0.15) is 48.3 Å². The molecule has 3 aliphatic rings. The van der Waals surface area contributed by atoms with Crippen molar-refractivity contribution in [3.8, 4) is 5.75 Å². The highest BCUT2D eigenvalue weighted by atomic mass is 19.4. The topological polar surface area (TPSA) is 71.1 Å². The Morgan fingerprint density at radius 3 is 2.24 bits per heavy atom. The maximum atomic E-state index is 14.2. The summed E-state index contributed by atoms with van der Waals surface area (Å²) >= 11 is 0. The molecule has 10 heteroatoms. The van der Waals surface area contributed by atoms with Gasteiger partial charge in [0, 0.05) is 12.1 Å². The SMILES string of the molecule is COc1ccc(CCN2C(=O)C3(CCNCC3)N(C)C2(OC(=O)C(F)(F)F)c2ccc(C3CC3)cc2)cc1. The number of ether oxygens (including phenoxy) is 2. The number of benzene rings is 2. The van der Waals surface area contributed by atoms with Gasteiger partial charge in [-0.05, 0) is 81.4 Å². The van der Waals surface area contributed by atoms with E-state index in [4.69, 9.17) is 9.47 Å². The van der Waals surface area contributed by atoms with Crippen LogP contribution in [0.2, 0.25) is 0 Å². The second-order valence-electron chi connectivity index (χ2n) is 10.3. The van der Waals surface area contributed by atoms with Gasteiger partial charge in [0.05, 0.1) is 7.11 Å². The lowest BCUT2D eigenvalue weighted by molar-refractivity contribution is -0.258. The minimum atomic E-state index is -5.23. The smallest absolute Gasteiger partial charge is 0.491 e. The number of esters is 1. The molecule has 2 saturated heterocycles. The number of rotatable bonds is 7. The second kappa shape index (κ2) is 9.89. The van der Waals surface area contributed by atoms with Crippen LogP contribution in [0.3, 0.4) is 0 Å². The Morgan fingerprint density at radius 1 is 1.05 bits per heavy atom. The largest absolute Gasteiger partial charge is 0.497 e. The molecule has 0 bridgehead atoms. The van der Waals surface area contributed by atoms with Gasteiger partial charge in [-0.1, -0.05) is 36.4 Å². The molecular formula is C28H32F3N3O4. The van der Waals surface area contributed by atoms with Crippen LogP contribution in [-0.4, -0.2) is 67.2 Å². The normalized spacial score (nSPS) is 23.6. The van der Waals surface area contributed by atoms with E-state index in [-0.39, 0.29) is 12.5 Å². The monoisotopic (exact) mass is 531 g/mol. The highest BCUT2D eigenvalue weighted by molar-refractivity contribution is 5.90. The first-order valence-corrected chi connectivity index (χ1v) is 12.9. The Morgan fingerprint density at radius 2 is 1.68 bits per heavy atom. The number of likely N-dealkylation sites (N-methyl/N-ethyl adjacent to an activating group) is 1. The molecule has 1 aliphatic carbocycles. The highest BCUT2D eigenvalue weighted by Gasteiger charge is 2.67. The number of hydrogen-bond acceptors (Lipinski definition) is 6. The van der Waals surface area contributed by atoms with Gasteiger partial charge in [0.15, 0.2) is 0 Å². The van der Waals surface area contributed by atoms with E-state index in [1.54, 1.807) is 43.3 Å². The van der Waals surface area contributed by atoms with Crippen LogP contribution in [0, 0.1) is 0 Å². The molecule has 1 N–H and O–H groups in total. The molecule has 2 aliphatic heterocycles. The summed E-state index contributed by atoms with van der Waals surface area (Å²) < 4.78 is 51.6. The van der Waals surface area contributed by atoms with Crippen molar-refractivity contribution in [1.82, 2.24) is 15.1 Å². The summed E-state index contributed by atoms with van der Waals surface area (Å²) in [4.78, 5) is 29.5. The maximum absolute atomic E-state index is 14.2. The molecule has 2 aromatic carbocycles. The van der Waals surface area contributed by atoms with Crippen LogP contribution in [0.15, 0.2) is 48.5 Å². The average molecular weight is 532 g/mol. The molecule has 1 atom stereocenters. The van der Waals surface area contributed by atoms with Crippen LogP contribution < -0.4 is 10.1 Å². The molecule has 1 saturated carbocycles. The quantitative estimate of drug-likeness (QED) is 0.546. The molecule has 0 aromatic heterocycles. The van der Waals surface area contributed by atoms with E-state index < -0.39 is 23.5 Å². The molecule has 5 rings (SSSR count). The third-order valence-electron chi connectivity index (χ3n) is 8.12. The van der Waals surface area contributed by atoms with Crippen molar-refractivity contribution in [1.29, 1.82) is 0 Å². The van der Waals surface area contributed by atoms with Crippen molar-refractivity contribution in [3.05, 3.63) is 65.2 Å². The van der Waals surface area contributed by atoms with Crippen molar-refractivity contribution < 1.29 is 32.2 Å². The number of hydrogen-bond donors (Lipinski definition) is 1. The minimum absolute atomic E-state index is 0.0557. The molecule has 38 heavy (non-hydrogen) atoms. The number of carbonyl (C=O) groups excluding carboxylic acids is 2. The minimum Gasteiger partial charge on any atom is -0.497 e. The zero-order valence-electron chi connectivity index (χ0n) is 21.5. The van der Waals surface area contributed by atoms with Crippen LogP contribution in [0.4, 0.5) is 13.2 Å². The van der Waals surface area contributed by atoms with Crippen molar-refractivity contribution in [2.24, 2.45) is 0 Å². The Balaban J connectivity index is 1.59. The average Bonchev–Trinajstić information content (AvgIpc) is 3.75. The van der Waals surface area contributed by atoms with Crippen LogP contribution in [-0.2, 0) is 26.6 Å². The van der Waals surface area contributed by atoms with Gasteiger partial charge in [-0.25, -0.2) is 9.69 Å². The number of amides is 1. The zero-order chi connectivity index (χ0) is 27.1. The molecule has 2 heterocycles. The summed E-state index contributed by atoms with van der Waals surface area (Å²) in [6, 6.07) is 14.4. The van der Waals surface area contributed by atoms with Crippen LogP contribution in [0.25, 0.3) is 0 Å².